The summed E-state index contributed by atoms with van der Waals surface area (Å²) in [6.45, 7) is 0.711. The number of nitrogens with one attached hydrogen (secondary N) is 1. The molecule has 2 unspecified atom stereocenters. The maximum Gasteiger partial charge on any atom is 0.320 e. The number of likely N-dealkylation sites (tertiary alicyclic amines) is 1. The highest BCUT2D eigenvalue weighted by Gasteiger charge is 2.30. The lowest BCUT2D eigenvalue weighted by atomic mass is 9.98. The van der Waals surface area contributed by atoms with Gasteiger partial charge in [-0.15, -0.1) is 0 Å². The molecule has 5 heteroatoms. The number of carboxylic acid groups (broad SMARTS) is 1. The van der Waals surface area contributed by atoms with Crippen molar-refractivity contribution in [1.82, 2.24) is 10.2 Å². The molecule has 2 N–H and O–H groups in total. The Morgan fingerprint density at radius 2 is 2.38 bits per heavy atom. The molecule has 0 aliphatic carbocycles. The van der Waals surface area contributed by atoms with Crippen molar-refractivity contribution in [1.29, 1.82) is 0 Å². The second-order valence-corrected chi connectivity index (χ2v) is 3.34. The largest absolute Gasteiger partial charge is 0.480 e. The lowest BCUT2D eigenvalue weighted by Crippen LogP contribution is -2.50. The van der Waals surface area contributed by atoms with E-state index in [0.29, 0.717) is 19.4 Å². The van der Waals surface area contributed by atoms with E-state index >= 15 is 0 Å². The second kappa shape index (κ2) is 4.23. The van der Waals surface area contributed by atoms with Crippen LogP contribution in [0.15, 0.2) is 0 Å². The zero-order chi connectivity index (χ0) is 9.84. The number of amides is 1. The van der Waals surface area contributed by atoms with Crippen molar-refractivity contribution in [2.45, 2.75) is 24.9 Å². The summed E-state index contributed by atoms with van der Waals surface area (Å²) in [6, 6.07) is -0.457. The summed E-state index contributed by atoms with van der Waals surface area (Å²) >= 11 is 0. The van der Waals surface area contributed by atoms with Crippen molar-refractivity contribution in [3.05, 3.63) is 0 Å². The SMILES string of the molecule is CN1CCC(NC=O)CC1C(=O)O. The molecule has 2 atom stereocenters. The van der Waals surface area contributed by atoms with E-state index in [4.69, 9.17) is 5.11 Å². The van der Waals surface area contributed by atoms with Gasteiger partial charge in [0, 0.05) is 12.6 Å². The van der Waals surface area contributed by atoms with Crippen LogP contribution in [0.1, 0.15) is 12.8 Å². The van der Waals surface area contributed by atoms with Gasteiger partial charge in [0.15, 0.2) is 0 Å². The Hall–Kier alpha value is -1.10. The molecule has 1 aliphatic rings. The number of likely N-dealkylation sites (N-methyl/N-ethyl adjacent to an activating group) is 1. The van der Waals surface area contributed by atoms with E-state index in [1.165, 1.54) is 0 Å². The average molecular weight is 186 g/mol. The van der Waals surface area contributed by atoms with Crippen LogP contribution in [0.4, 0.5) is 0 Å². The minimum Gasteiger partial charge on any atom is -0.480 e. The van der Waals surface area contributed by atoms with E-state index in [-0.39, 0.29) is 6.04 Å². The Balaban J connectivity index is 2.52. The maximum atomic E-state index is 10.8. The van der Waals surface area contributed by atoms with Crippen LogP contribution in [-0.2, 0) is 9.59 Å². The van der Waals surface area contributed by atoms with E-state index in [1.54, 1.807) is 11.9 Å². The number of carbonyl (C=O) groups is 2. The molecule has 74 valence electrons. The Labute approximate surface area is 76.7 Å². The molecule has 1 amide bonds. The van der Waals surface area contributed by atoms with E-state index in [9.17, 15) is 9.59 Å². The number of aliphatic carboxylic acids is 1. The van der Waals surface area contributed by atoms with Crippen molar-refractivity contribution in [3.63, 3.8) is 0 Å². The molecule has 0 saturated carbocycles. The summed E-state index contributed by atoms with van der Waals surface area (Å²) in [4.78, 5) is 22.7. The predicted octanol–water partition coefficient (Wildman–Crippen LogP) is -0.720. The average Bonchev–Trinajstić information content (AvgIpc) is 2.08. The molecule has 0 radical (unpaired) electrons. The molecular formula is C8H14N2O3. The Bertz CT molecular complexity index is 208. The summed E-state index contributed by atoms with van der Waals surface area (Å²) in [5.41, 5.74) is 0. The third-order valence-electron chi connectivity index (χ3n) is 2.46. The van der Waals surface area contributed by atoms with E-state index in [2.05, 4.69) is 5.32 Å². The van der Waals surface area contributed by atoms with Crippen LogP contribution < -0.4 is 5.32 Å². The van der Waals surface area contributed by atoms with Gasteiger partial charge in [-0.2, -0.15) is 0 Å². The van der Waals surface area contributed by atoms with Gasteiger partial charge in [0.1, 0.15) is 6.04 Å². The van der Waals surface area contributed by atoms with Gasteiger partial charge in [0.2, 0.25) is 6.41 Å². The molecular weight excluding hydrogens is 172 g/mol. The van der Waals surface area contributed by atoms with E-state index in [1.807, 2.05) is 0 Å². The molecule has 0 aromatic carbocycles. The van der Waals surface area contributed by atoms with Gasteiger partial charge in [-0.05, 0) is 19.9 Å². The fourth-order valence-electron chi connectivity index (χ4n) is 1.62. The first-order valence-corrected chi connectivity index (χ1v) is 4.28. The van der Waals surface area contributed by atoms with Gasteiger partial charge in [0.05, 0.1) is 0 Å². The quantitative estimate of drug-likeness (QED) is 0.571. The Morgan fingerprint density at radius 3 is 2.92 bits per heavy atom. The van der Waals surface area contributed by atoms with E-state index in [0.717, 1.165) is 6.42 Å². The van der Waals surface area contributed by atoms with Crippen LogP contribution >= 0.6 is 0 Å². The summed E-state index contributed by atoms with van der Waals surface area (Å²) in [5.74, 6) is -0.820. The van der Waals surface area contributed by atoms with Gasteiger partial charge in [-0.1, -0.05) is 0 Å². The number of piperidine rings is 1. The summed E-state index contributed by atoms with van der Waals surface area (Å²) in [7, 11) is 1.79. The van der Waals surface area contributed by atoms with E-state index < -0.39 is 12.0 Å². The van der Waals surface area contributed by atoms with Gasteiger partial charge < -0.3 is 10.4 Å². The molecule has 1 rings (SSSR count). The van der Waals surface area contributed by atoms with Crippen molar-refractivity contribution in [2.24, 2.45) is 0 Å². The highest BCUT2D eigenvalue weighted by Crippen LogP contribution is 2.15. The summed E-state index contributed by atoms with van der Waals surface area (Å²) < 4.78 is 0. The fourth-order valence-corrected chi connectivity index (χ4v) is 1.62. The first-order chi connectivity index (χ1) is 6.15. The molecule has 1 heterocycles. The van der Waals surface area contributed by atoms with Gasteiger partial charge in [0.25, 0.3) is 0 Å². The number of hydrogen-bond acceptors (Lipinski definition) is 3. The third kappa shape index (κ3) is 2.42. The van der Waals surface area contributed by atoms with Crippen LogP contribution in [0.25, 0.3) is 0 Å². The minimum atomic E-state index is -0.820. The zero-order valence-corrected chi connectivity index (χ0v) is 7.56. The van der Waals surface area contributed by atoms with Crippen molar-refractivity contribution >= 4 is 12.4 Å². The lowest BCUT2D eigenvalue weighted by molar-refractivity contribution is -0.144. The second-order valence-electron chi connectivity index (χ2n) is 3.34. The molecule has 5 nitrogen and oxygen atoms in total. The first kappa shape index (κ1) is 9.98. The zero-order valence-electron chi connectivity index (χ0n) is 7.56. The monoisotopic (exact) mass is 186 g/mol. The predicted molar refractivity (Wildman–Crippen MR) is 46.3 cm³/mol. The topological polar surface area (TPSA) is 69.6 Å². The number of nitrogens with zero attached hydrogens (tertiary/aromatic N) is 1. The number of carbonyl (C=O) groups excluding carboxylic acids is 1. The lowest BCUT2D eigenvalue weighted by Gasteiger charge is -2.34. The van der Waals surface area contributed by atoms with Crippen LogP contribution in [0, 0.1) is 0 Å². The van der Waals surface area contributed by atoms with Crippen LogP contribution in [-0.4, -0.2) is 48.1 Å². The van der Waals surface area contributed by atoms with Crippen LogP contribution in [0.3, 0.4) is 0 Å². The smallest absolute Gasteiger partial charge is 0.320 e. The molecule has 0 aromatic rings. The molecule has 0 aromatic heterocycles. The molecule has 13 heavy (non-hydrogen) atoms. The highest BCUT2D eigenvalue weighted by atomic mass is 16.4. The summed E-state index contributed by atoms with van der Waals surface area (Å²) in [5, 5.41) is 11.5. The Kier molecular flexibility index (Phi) is 3.25. The molecule has 1 saturated heterocycles. The highest BCUT2D eigenvalue weighted by molar-refractivity contribution is 5.73. The van der Waals surface area contributed by atoms with Gasteiger partial charge in [-0.25, -0.2) is 0 Å². The standard InChI is InChI=1S/C8H14N2O3/c1-10-3-2-6(9-5-11)4-7(10)8(12)13/h5-7H,2-4H2,1H3,(H,9,11)(H,12,13). The van der Waals surface area contributed by atoms with Crippen molar-refractivity contribution < 1.29 is 14.7 Å². The van der Waals surface area contributed by atoms with Crippen molar-refractivity contribution in [3.8, 4) is 0 Å². The number of carboxylic acids is 1. The number of hydrogen-bond donors (Lipinski definition) is 2. The molecule has 0 spiro atoms. The molecule has 1 aliphatic heterocycles. The maximum absolute atomic E-state index is 10.8. The minimum absolute atomic E-state index is 0.00907. The fraction of sp³-hybridized carbons (Fsp3) is 0.750. The van der Waals surface area contributed by atoms with Gasteiger partial charge in [-0.3, -0.25) is 14.5 Å². The molecule has 0 bridgehead atoms. The first-order valence-electron chi connectivity index (χ1n) is 4.28. The van der Waals surface area contributed by atoms with Gasteiger partial charge >= 0.3 is 5.97 Å². The summed E-state index contributed by atoms with van der Waals surface area (Å²) in [6.07, 6.45) is 1.94. The molecule has 1 fully saturated rings. The third-order valence-corrected chi connectivity index (χ3v) is 2.46. The Morgan fingerprint density at radius 1 is 1.69 bits per heavy atom. The number of rotatable bonds is 3. The normalized spacial score (nSPS) is 29.6. The van der Waals surface area contributed by atoms with Crippen LogP contribution in [0.2, 0.25) is 0 Å². The van der Waals surface area contributed by atoms with Crippen LogP contribution in [0.5, 0.6) is 0 Å². The van der Waals surface area contributed by atoms with Crippen molar-refractivity contribution in [2.75, 3.05) is 13.6 Å².